The third-order valence-electron chi connectivity index (χ3n) is 3.89. The van der Waals surface area contributed by atoms with E-state index in [1.165, 1.54) is 17.5 Å². The molecule has 1 amide bonds. The third-order valence-corrected chi connectivity index (χ3v) is 4.65. The van der Waals surface area contributed by atoms with Gasteiger partial charge in [0.1, 0.15) is 5.69 Å². The average molecular weight is 376 g/mol. The molecule has 0 aromatic carbocycles. The molecule has 0 aliphatic heterocycles. The van der Waals surface area contributed by atoms with Crippen LogP contribution in [0.2, 0.25) is 0 Å². The minimum Gasteiger partial charge on any atom is -0.298 e. The van der Waals surface area contributed by atoms with E-state index < -0.39 is 0 Å². The van der Waals surface area contributed by atoms with Gasteiger partial charge in [0.2, 0.25) is 0 Å². The molecule has 0 radical (unpaired) electrons. The second-order valence-electron chi connectivity index (χ2n) is 5.95. The smallest absolute Gasteiger partial charge is 0.259 e. The molecule has 0 unspecified atom stereocenters. The Morgan fingerprint density at radius 2 is 2.00 bits per heavy atom. The highest BCUT2D eigenvalue weighted by Crippen LogP contribution is 2.23. The lowest BCUT2D eigenvalue weighted by atomic mass is 10.2. The molecule has 1 N–H and O–H groups in total. The summed E-state index contributed by atoms with van der Waals surface area (Å²) in [6, 6.07) is 11.1. The summed E-state index contributed by atoms with van der Waals surface area (Å²) in [5.74, 6) is 0.410. The van der Waals surface area contributed by atoms with E-state index in [9.17, 15) is 4.79 Å². The third kappa shape index (κ3) is 3.61. The first-order valence-corrected chi connectivity index (χ1v) is 9.16. The Morgan fingerprint density at radius 1 is 1.11 bits per heavy atom. The fourth-order valence-corrected chi connectivity index (χ4v) is 3.34. The summed E-state index contributed by atoms with van der Waals surface area (Å²) in [5.41, 5.74) is 3.86. The predicted molar refractivity (Wildman–Crippen MR) is 104 cm³/mol. The van der Waals surface area contributed by atoms with Crippen LogP contribution in [0.25, 0.3) is 17.2 Å². The van der Waals surface area contributed by atoms with Gasteiger partial charge < -0.3 is 0 Å². The normalized spacial score (nSPS) is 10.7. The lowest BCUT2D eigenvalue weighted by molar-refractivity contribution is 0.102. The molecule has 7 nitrogen and oxygen atoms in total. The van der Waals surface area contributed by atoms with E-state index in [1.807, 2.05) is 43.5 Å². The van der Waals surface area contributed by atoms with Crippen molar-refractivity contribution in [3.05, 3.63) is 71.1 Å². The Labute approximate surface area is 159 Å². The van der Waals surface area contributed by atoms with E-state index in [0.717, 1.165) is 22.8 Å². The average Bonchev–Trinajstić information content (AvgIpc) is 3.28. The number of carbonyl (C=O) groups is 1. The number of aryl methyl sites for hydroxylation is 2. The van der Waals surface area contributed by atoms with Gasteiger partial charge >= 0.3 is 0 Å². The Balaban J connectivity index is 1.49. The molecule has 8 heteroatoms. The van der Waals surface area contributed by atoms with Crippen molar-refractivity contribution in [2.24, 2.45) is 0 Å². The van der Waals surface area contributed by atoms with Gasteiger partial charge in [0.05, 0.1) is 17.0 Å². The number of hydrogen-bond donors (Lipinski definition) is 1. The SMILES string of the molecule is Cc1cc(C)n(-c2ccc(C(=O)Nc3nc(-c4ccccn4)cs3)cn2)n1. The van der Waals surface area contributed by atoms with Crippen molar-refractivity contribution in [2.75, 3.05) is 5.32 Å². The van der Waals surface area contributed by atoms with E-state index in [-0.39, 0.29) is 5.91 Å². The monoisotopic (exact) mass is 376 g/mol. The predicted octanol–water partition coefficient (Wildman–Crippen LogP) is 3.65. The largest absolute Gasteiger partial charge is 0.298 e. The Hall–Kier alpha value is -3.39. The lowest BCUT2D eigenvalue weighted by Gasteiger charge is -2.05. The molecule has 0 bridgehead atoms. The molecule has 27 heavy (non-hydrogen) atoms. The number of anilines is 1. The van der Waals surface area contributed by atoms with Gasteiger partial charge in [0, 0.05) is 23.5 Å². The van der Waals surface area contributed by atoms with Crippen LogP contribution in [0.4, 0.5) is 5.13 Å². The summed E-state index contributed by atoms with van der Waals surface area (Å²) in [7, 11) is 0. The molecule has 0 spiro atoms. The number of aromatic nitrogens is 5. The van der Waals surface area contributed by atoms with Crippen LogP contribution in [0.15, 0.2) is 54.2 Å². The van der Waals surface area contributed by atoms with Crippen LogP contribution in [0.3, 0.4) is 0 Å². The number of rotatable bonds is 4. The van der Waals surface area contributed by atoms with Gasteiger partial charge in [-0.1, -0.05) is 6.07 Å². The first kappa shape index (κ1) is 17.0. The van der Waals surface area contributed by atoms with E-state index in [2.05, 4.69) is 25.4 Å². The van der Waals surface area contributed by atoms with Crippen molar-refractivity contribution >= 4 is 22.4 Å². The standard InChI is InChI=1S/C19H16N6OS/c1-12-9-13(2)25(24-12)17-7-6-14(10-21-17)18(26)23-19-22-16(11-27-19)15-5-3-4-8-20-15/h3-11H,1-2H3,(H,22,23,26). The summed E-state index contributed by atoms with van der Waals surface area (Å²) in [6.45, 7) is 3.89. The fraction of sp³-hybridized carbons (Fsp3) is 0.105. The number of carbonyl (C=O) groups excluding carboxylic acids is 1. The number of pyridine rings is 2. The molecule has 0 aliphatic rings. The molecule has 0 atom stereocenters. The van der Waals surface area contributed by atoms with Crippen LogP contribution in [-0.2, 0) is 0 Å². The topological polar surface area (TPSA) is 85.6 Å². The molecule has 4 aromatic heterocycles. The van der Waals surface area contributed by atoms with Gasteiger partial charge in [0.15, 0.2) is 10.9 Å². The molecule has 0 aliphatic carbocycles. The lowest BCUT2D eigenvalue weighted by Crippen LogP contribution is -2.12. The number of thiazole rings is 1. The van der Waals surface area contributed by atoms with Crippen molar-refractivity contribution in [1.82, 2.24) is 24.7 Å². The van der Waals surface area contributed by atoms with E-state index >= 15 is 0 Å². The molecular formula is C19H16N6OS. The minimum absolute atomic E-state index is 0.260. The Kier molecular flexibility index (Phi) is 4.47. The molecule has 4 rings (SSSR count). The molecular weight excluding hydrogens is 360 g/mol. The van der Waals surface area contributed by atoms with Gasteiger partial charge in [-0.2, -0.15) is 5.10 Å². The Morgan fingerprint density at radius 3 is 2.67 bits per heavy atom. The number of nitrogens with one attached hydrogen (secondary N) is 1. The zero-order valence-electron chi connectivity index (χ0n) is 14.7. The summed E-state index contributed by atoms with van der Waals surface area (Å²) >= 11 is 1.35. The van der Waals surface area contributed by atoms with Crippen LogP contribution in [0.5, 0.6) is 0 Å². The van der Waals surface area contributed by atoms with Gasteiger partial charge in [-0.25, -0.2) is 14.6 Å². The molecule has 0 saturated carbocycles. The fourth-order valence-electron chi connectivity index (χ4n) is 2.64. The summed E-state index contributed by atoms with van der Waals surface area (Å²) in [6.07, 6.45) is 3.25. The van der Waals surface area contributed by atoms with E-state index in [4.69, 9.17) is 0 Å². The second kappa shape index (κ2) is 7.08. The van der Waals surface area contributed by atoms with Crippen LogP contribution < -0.4 is 5.32 Å². The zero-order chi connectivity index (χ0) is 18.8. The maximum absolute atomic E-state index is 12.5. The highest BCUT2D eigenvalue weighted by atomic mass is 32.1. The number of nitrogens with zero attached hydrogens (tertiary/aromatic N) is 5. The second-order valence-corrected chi connectivity index (χ2v) is 6.81. The first-order valence-electron chi connectivity index (χ1n) is 8.28. The highest BCUT2D eigenvalue weighted by Gasteiger charge is 2.12. The molecule has 4 heterocycles. The van der Waals surface area contributed by atoms with Gasteiger partial charge in [-0.15, -0.1) is 11.3 Å². The Bertz CT molecular complexity index is 1090. The van der Waals surface area contributed by atoms with Crippen LogP contribution in [0, 0.1) is 13.8 Å². The van der Waals surface area contributed by atoms with Crippen LogP contribution in [0.1, 0.15) is 21.7 Å². The first-order chi connectivity index (χ1) is 13.1. The van der Waals surface area contributed by atoms with Gasteiger partial charge in [-0.05, 0) is 44.2 Å². The van der Waals surface area contributed by atoms with Gasteiger partial charge in [0.25, 0.3) is 5.91 Å². The maximum atomic E-state index is 12.5. The molecule has 0 saturated heterocycles. The summed E-state index contributed by atoms with van der Waals surface area (Å²) in [4.78, 5) is 25.5. The van der Waals surface area contributed by atoms with Crippen molar-refractivity contribution in [1.29, 1.82) is 0 Å². The maximum Gasteiger partial charge on any atom is 0.259 e. The quantitative estimate of drug-likeness (QED) is 0.587. The summed E-state index contributed by atoms with van der Waals surface area (Å²) in [5, 5.41) is 9.58. The van der Waals surface area contributed by atoms with Crippen molar-refractivity contribution in [3.63, 3.8) is 0 Å². The molecule has 4 aromatic rings. The van der Waals surface area contributed by atoms with Crippen molar-refractivity contribution in [3.8, 4) is 17.2 Å². The number of hydrogen-bond acceptors (Lipinski definition) is 6. The van der Waals surface area contributed by atoms with E-state index in [1.54, 1.807) is 23.0 Å². The van der Waals surface area contributed by atoms with E-state index in [0.29, 0.717) is 16.5 Å². The van der Waals surface area contributed by atoms with Crippen LogP contribution >= 0.6 is 11.3 Å². The minimum atomic E-state index is -0.260. The van der Waals surface area contributed by atoms with Gasteiger partial charge in [-0.3, -0.25) is 15.1 Å². The van der Waals surface area contributed by atoms with Crippen LogP contribution in [-0.4, -0.2) is 30.6 Å². The van der Waals surface area contributed by atoms with Crippen molar-refractivity contribution < 1.29 is 4.79 Å². The highest BCUT2D eigenvalue weighted by molar-refractivity contribution is 7.14. The number of amides is 1. The summed E-state index contributed by atoms with van der Waals surface area (Å²) < 4.78 is 1.75. The molecule has 0 fully saturated rings. The molecule has 134 valence electrons. The zero-order valence-corrected chi connectivity index (χ0v) is 15.6. The van der Waals surface area contributed by atoms with Crippen molar-refractivity contribution in [2.45, 2.75) is 13.8 Å².